The molecule has 0 aliphatic carbocycles. The van der Waals surface area contributed by atoms with Crippen molar-refractivity contribution in [3.63, 3.8) is 0 Å². The van der Waals surface area contributed by atoms with Gasteiger partial charge in [-0.25, -0.2) is 0 Å². The number of ether oxygens (including phenoxy) is 1. The Morgan fingerprint density at radius 1 is 1.50 bits per heavy atom. The van der Waals surface area contributed by atoms with Gasteiger partial charge in [0.25, 0.3) is 0 Å². The van der Waals surface area contributed by atoms with E-state index in [0.717, 1.165) is 19.8 Å². The molecule has 6 heteroatoms. The molecular weight excluding hydrogens is 234 g/mol. The number of hydrogen-bond acceptors (Lipinski definition) is 6. The number of hydrogen-bond donors (Lipinski definition) is 0. The van der Waals surface area contributed by atoms with E-state index in [-0.39, 0.29) is 0 Å². The van der Waals surface area contributed by atoms with Crippen molar-refractivity contribution >= 4 is 0 Å². The van der Waals surface area contributed by atoms with Gasteiger partial charge in [-0.2, -0.15) is 4.98 Å². The van der Waals surface area contributed by atoms with Gasteiger partial charge < -0.3 is 13.7 Å². The van der Waals surface area contributed by atoms with Crippen LogP contribution in [0.2, 0.25) is 0 Å². The van der Waals surface area contributed by atoms with Crippen LogP contribution in [0.1, 0.15) is 12.8 Å². The van der Waals surface area contributed by atoms with Crippen LogP contribution in [0.4, 0.5) is 0 Å². The predicted octanol–water partition coefficient (Wildman–Crippen LogP) is 1.55. The van der Waals surface area contributed by atoms with Crippen LogP contribution in [0.5, 0.6) is 0 Å². The molecule has 2 aromatic rings. The van der Waals surface area contributed by atoms with Crippen molar-refractivity contribution in [2.75, 3.05) is 19.8 Å². The van der Waals surface area contributed by atoms with E-state index < -0.39 is 0 Å². The minimum Gasteiger partial charge on any atom is -0.461 e. The first-order valence-electron chi connectivity index (χ1n) is 6.01. The van der Waals surface area contributed by atoms with Crippen LogP contribution in [0, 0.1) is 0 Å². The van der Waals surface area contributed by atoms with Gasteiger partial charge in [0.15, 0.2) is 5.76 Å². The third kappa shape index (κ3) is 2.30. The van der Waals surface area contributed by atoms with Crippen molar-refractivity contribution in [1.29, 1.82) is 0 Å². The van der Waals surface area contributed by atoms with Crippen molar-refractivity contribution in [3.8, 4) is 11.6 Å². The molecule has 3 rings (SSSR count). The van der Waals surface area contributed by atoms with E-state index in [1.807, 2.05) is 6.07 Å². The first-order valence-corrected chi connectivity index (χ1v) is 6.01. The number of furan rings is 1. The summed E-state index contributed by atoms with van der Waals surface area (Å²) in [5.74, 6) is 1.73. The van der Waals surface area contributed by atoms with Crippen LogP contribution in [0.25, 0.3) is 11.6 Å². The lowest BCUT2D eigenvalue weighted by atomic mass is 10.2. The molecule has 1 fully saturated rings. The summed E-state index contributed by atoms with van der Waals surface area (Å²) in [5.41, 5.74) is 0. The van der Waals surface area contributed by atoms with Crippen LogP contribution >= 0.6 is 0 Å². The van der Waals surface area contributed by atoms with Crippen LogP contribution in [-0.2, 0) is 11.3 Å². The molecule has 0 aromatic carbocycles. The van der Waals surface area contributed by atoms with Crippen molar-refractivity contribution < 1.29 is 13.7 Å². The van der Waals surface area contributed by atoms with Crippen LogP contribution in [0.3, 0.4) is 0 Å². The smallest absolute Gasteiger partial charge is 0.241 e. The summed E-state index contributed by atoms with van der Waals surface area (Å²) in [6.07, 6.45) is 1.59. The van der Waals surface area contributed by atoms with Crippen molar-refractivity contribution in [2.45, 2.75) is 19.5 Å². The summed E-state index contributed by atoms with van der Waals surface area (Å²) in [7, 11) is 0. The zero-order valence-corrected chi connectivity index (χ0v) is 10.2. The lowest BCUT2D eigenvalue weighted by molar-refractivity contribution is -0.00852. The van der Waals surface area contributed by atoms with Crippen LogP contribution in [-0.4, -0.2) is 40.8 Å². The molecule has 6 nitrogen and oxygen atoms in total. The highest BCUT2D eigenvalue weighted by atomic mass is 16.5. The highest BCUT2D eigenvalue weighted by Crippen LogP contribution is 2.17. The largest absolute Gasteiger partial charge is 0.461 e. The molecule has 0 radical (unpaired) electrons. The Morgan fingerprint density at radius 2 is 2.44 bits per heavy atom. The molecule has 0 amide bonds. The molecule has 0 spiro atoms. The first kappa shape index (κ1) is 11.4. The quantitative estimate of drug-likeness (QED) is 0.822. The lowest BCUT2D eigenvalue weighted by Crippen LogP contribution is -2.42. The highest BCUT2D eigenvalue weighted by molar-refractivity contribution is 5.44. The molecule has 1 saturated heterocycles. The van der Waals surface area contributed by atoms with Crippen LogP contribution < -0.4 is 0 Å². The van der Waals surface area contributed by atoms with Crippen molar-refractivity contribution in [3.05, 3.63) is 24.3 Å². The zero-order valence-electron chi connectivity index (χ0n) is 10.2. The fraction of sp³-hybridized carbons (Fsp3) is 0.500. The predicted molar refractivity (Wildman–Crippen MR) is 62.7 cm³/mol. The molecule has 3 heterocycles. The number of aromatic nitrogens is 2. The molecule has 96 valence electrons. The molecule has 18 heavy (non-hydrogen) atoms. The minimum atomic E-state index is 0.373. The molecule has 0 unspecified atom stereocenters. The SMILES string of the molecule is C[C@@H]1COCCN1Cc1nc(-c2ccco2)no1. The molecule has 0 saturated carbocycles. The van der Waals surface area contributed by atoms with Gasteiger partial charge in [-0.05, 0) is 19.1 Å². The van der Waals surface area contributed by atoms with Gasteiger partial charge >= 0.3 is 0 Å². The van der Waals surface area contributed by atoms with Crippen molar-refractivity contribution in [2.24, 2.45) is 0 Å². The van der Waals surface area contributed by atoms with Gasteiger partial charge in [0.05, 0.1) is 26.0 Å². The van der Waals surface area contributed by atoms with Gasteiger partial charge in [-0.1, -0.05) is 5.16 Å². The van der Waals surface area contributed by atoms with Gasteiger partial charge in [0.1, 0.15) is 0 Å². The second-order valence-corrected chi connectivity index (χ2v) is 4.38. The summed E-state index contributed by atoms with van der Waals surface area (Å²) in [6.45, 7) is 5.17. The molecule has 0 bridgehead atoms. The topological polar surface area (TPSA) is 64.5 Å². The van der Waals surface area contributed by atoms with Gasteiger partial charge in [-0.15, -0.1) is 0 Å². The number of morpholine rings is 1. The van der Waals surface area contributed by atoms with E-state index in [4.69, 9.17) is 13.7 Å². The summed E-state index contributed by atoms with van der Waals surface area (Å²) in [5, 5.41) is 3.91. The average molecular weight is 249 g/mol. The third-order valence-corrected chi connectivity index (χ3v) is 3.05. The second-order valence-electron chi connectivity index (χ2n) is 4.38. The standard InChI is InChI=1S/C12H15N3O3/c1-9-8-16-6-4-15(9)7-11-13-12(14-18-11)10-3-2-5-17-10/h2-3,5,9H,4,6-8H2,1H3/t9-/m1/s1. The van der Waals surface area contributed by atoms with Gasteiger partial charge in [0.2, 0.25) is 11.7 Å². The fourth-order valence-electron chi connectivity index (χ4n) is 2.00. The summed E-state index contributed by atoms with van der Waals surface area (Å²) < 4.78 is 15.9. The maximum Gasteiger partial charge on any atom is 0.241 e. The monoisotopic (exact) mass is 249 g/mol. The summed E-state index contributed by atoms with van der Waals surface area (Å²) in [6, 6.07) is 3.99. The Bertz CT molecular complexity index is 494. The molecular formula is C12H15N3O3. The van der Waals surface area contributed by atoms with E-state index in [0.29, 0.717) is 30.1 Å². The van der Waals surface area contributed by atoms with E-state index in [1.54, 1.807) is 12.3 Å². The van der Waals surface area contributed by atoms with Crippen molar-refractivity contribution in [1.82, 2.24) is 15.0 Å². The van der Waals surface area contributed by atoms with Gasteiger partial charge in [-0.3, -0.25) is 4.90 Å². The number of nitrogens with zero attached hydrogens (tertiary/aromatic N) is 3. The summed E-state index contributed by atoms with van der Waals surface area (Å²) in [4.78, 5) is 6.59. The van der Waals surface area contributed by atoms with E-state index >= 15 is 0 Å². The average Bonchev–Trinajstić information content (AvgIpc) is 3.02. The zero-order chi connectivity index (χ0) is 12.4. The molecule has 1 aliphatic heterocycles. The van der Waals surface area contributed by atoms with E-state index in [1.165, 1.54) is 0 Å². The fourth-order valence-corrected chi connectivity index (χ4v) is 2.00. The van der Waals surface area contributed by atoms with E-state index in [9.17, 15) is 0 Å². The second kappa shape index (κ2) is 4.91. The lowest BCUT2D eigenvalue weighted by Gasteiger charge is -2.31. The minimum absolute atomic E-state index is 0.373. The maximum atomic E-state index is 5.39. The van der Waals surface area contributed by atoms with Gasteiger partial charge in [0, 0.05) is 12.6 Å². The maximum absolute atomic E-state index is 5.39. The Kier molecular flexibility index (Phi) is 3.12. The molecule has 2 aromatic heterocycles. The summed E-state index contributed by atoms with van der Waals surface area (Å²) >= 11 is 0. The highest BCUT2D eigenvalue weighted by Gasteiger charge is 2.21. The van der Waals surface area contributed by atoms with Crippen LogP contribution in [0.15, 0.2) is 27.3 Å². The van der Waals surface area contributed by atoms with E-state index in [2.05, 4.69) is 22.0 Å². The molecule has 1 aliphatic rings. The Balaban J connectivity index is 1.70. The third-order valence-electron chi connectivity index (χ3n) is 3.05. The normalized spacial score (nSPS) is 21.3. The molecule has 1 atom stereocenters. The first-order chi connectivity index (χ1) is 8.83. The Labute approximate surface area is 105 Å². The Morgan fingerprint density at radius 3 is 3.22 bits per heavy atom. The Hall–Kier alpha value is -1.66. The molecule has 0 N–H and O–H groups in total. The number of rotatable bonds is 3.